The van der Waals surface area contributed by atoms with Gasteiger partial charge in [0.15, 0.2) is 5.57 Å². The van der Waals surface area contributed by atoms with Crippen molar-refractivity contribution in [2.75, 3.05) is 12.4 Å². The summed E-state index contributed by atoms with van der Waals surface area (Å²) >= 11 is 0. The number of likely N-dealkylation sites (N-methyl/N-ethyl adjacent to an activating group) is 1. The van der Waals surface area contributed by atoms with Gasteiger partial charge in [0, 0.05) is 32.8 Å². The average Bonchev–Trinajstić information content (AvgIpc) is 2.45. The van der Waals surface area contributed by atoms with Gasteiger partial charge in [-0.3, -0.25) is 4.79 Å². The molecule has 0 aliphatic carbocycles. The topological polar surface area (TPSA) is 93.7 Å². The smallest absolute Gasteiger partial charge is 0.350 e. The third-order valence-corrected chi connectivity index (χ3v) is 3.07. The van der Waals surface area contributed by atoms with Gasteiger partial charge in [0.1, 0.15) is 0 Å². The predicted molar refractivity (Wildman–Crippen MR) is 82.2 cm³/mol. The van der Waals surface area contributed by atoms with Crippen LogP contribution in [0.1, 0.15) is 19.4 Å². The first-order valence-electron chi connectivity index (χ1n) is 7.03. The fourth-order valence-corrected chi connectivity index (χ4v) is 1.98. The molecule has 7 heteroatoms. The summed E-state index contributed by atoms with van der Waals surface area (Å²) in [6, 6.07) is 7.06. The number of nitrogens with one attached hydrogen (secondary N) is 2. The summed E-state index contributed by atoms with van der Waals surface area (Å²) in [5, 5.41) is 5.38. The molecule has 0 bridgehead atoms. The first-order valence-corrected chi connectivity index (χ1v) is 7.03. The number of ether oxygens (including phenoxy) is 2. The molecule has 1 aromatic rings. The zero-order valence-corrected chi connectivity index (χ0v) is 13.1. The Kier molecular flexibility index (Phi) is 4.68. The largest absolute Gasteiger partial charge is 0.419 e. The number of esters is 2. The van der Waals surface area contributed by atoms with Crippen LogP contribution in [0.4, 0.5) is 5.69 Å². The Morgan fingerprint density at radius 2 is 1.87 bits per heavy atom. The summed E-state index contributed by atoms with van der Waals surface area (Å²) in [4.78, 5) is 35.0. The second-order valence-electron chi connectivity index (χ2n) is 5.43. The third kappa shape index (κ3) is 4.32. The molecule has 0 spiro atoms. The summed E-state index contributed by atoms with van der Waals surface area (Å²) < 4.78 is 9.99. The van der Waals surface area contributed by atoms with Crippen LogP contribution in [0.2, 0.25) is 0 Å². The van der Waals surface area contributed by atoms with Crippen LogP contribution >= 0.6 is 0 Å². The van der Waals surface area contributed by atoms with Crippen LogP contribution in [0.3, 0.4) is 0 Å². The van der Waals surface area contributed by atoms with Crippen LogP contribution in [0.25, 0.3) is 0 Å². The van der Waals surface area contributed by atoms with Crippen molar-refractivity contribution in [2.45, 2.75) is 26.1 Å². The number of cyclic esters (lactones) is 2. The van der Waals surface area contributed by atoms with Crippen LogP contribution in [-0.4, -0.2) is 30.7 Å². The van der Waals surface area contributed by atoms with E-state index in [9.17, 15) is 14.4 Å². The molecule has 23 heavy (non-hydrogen) atoms. The maximum Gasteiger partial charge on any atom is 0.350 e. The van der Waals surface area contributed by atoms with Crippen LogP contribution in [0.15, 0.2) is 36.0 Å². The summed E-state index contributed by atoms with van der Waals surface area (Å²) in [5.41, 5.74) is 1.20. The summed E-state index contributed by atoms with van der Waals surface area (Å²) in [6.45, 7) is 2.96. The van der Waals surface area contributed by atoms with Crippen molar-refractivity contribution in [3.63, 3.8) is 0 Å². The maximum atomic E-state index is 11.8. The molecular formula is C16H18N2O5. The van der Waals surface area contributed by atoms with Crippen molar-refractivity contribution in [1.82, 2.24) is 5.32 Å². The van der Waals surface area contributed by atoms with Crippen molar-refractivity contribution in [3.05, 3.63) is 41.6 Å². The second-order valence-corrected chi connectivity index (χ2v) is 5.43. The lowest BCUT2D eigenvalue weighted by Gasteiger charge is -2.29. The van der Waals surface area contributed by atoms with Crippen molar-refractivity contribution < 1.29 is 23.9 Å². The van der Waals surface area contributed by atoms with Gasteiger partial charge in [-0.2, -0.15) is 0 Å². The zero-order valence-electron chi connectivity index (χ0n) is 13.1. The lowest BCUT2D eigenvalue weighted by molar-refractivity contribution is -0.222. The number of hydrogen-bond acceptors (Lipinski definition) is 6. The average molecular weight is 318 g/mol. The molecule has 0 atom stereocenters. The van der Waals surface area contributed by atoms with E-state index in [0.717, 1.165) is 5.56 Å². The lowest BCUT2D eigenvalue weighted by Crippen LogP contribution is -2.42. The highest BCUT2D eigenvalue weighted by Gasteiger charge is 2.38. The molecule has 1 aliphatic heterocycles. The van der Waals surface area contributed by atoms with Gasteiger partial charge in [-0.1, -0.05) is 12.1 Å². The van der Waals surface area contributed by atoms with Gasteiger partial charge in [-0.15, -0.1) is 0 Å². The number of benzene rings is 1. The summed E-state index contributed by atoms with van der Waals surface area (Å²) in [7, 11) is 1.57. The Bertz CT molecular complexity index is 657. The lowest BCUT2D eigenvalue weighted by atomic mass is 10.1. The Morgan fingerprint density at radius 3 is 2.48 bits per heavy atom. The maximum absolute atomic E-state index is 11.8. The number of hydrogen-bond donors (Lipinski definition) is 2. The minimum Gasteiger partial charge on any atom is -0.419 e. The molecule has 7 nitrogen and oxygen atoms in total. The van der Waals surface area contributed by atoms with Crippen LogP contribution in [-0.2, 0) is 30.3 Å². The molecule has 0 saturated carbocycles. The SMILES string of the molecule is CNC(=O)Cc1cccc(NC=C2C(=O)OC(C)(C)OC2=O)c1. The molecule has 2 N–H and O–H groups in total. The summed E-state index contributed by atoms with van der Waals surface area (Å²) in [6.07, 6.45) is 1.47. The zero-order chi connectivity index (χ0) is 17.0. The first kappa shape index (κ1) is 16.5. The van der Waals surface area contributed by atoms with E-state index in [1.807, 2.05) is 0 Å². The molecule has 1 aromatic carbocycles. The minimum absolute atomic E-state index is 0.109. The second kappa shape index (κ2) is 6.51. The molecule has 1 heterocycles. The Balaban J connectivity index is 2.11. The highest BCUT2D eigenvalue weighted by atomic mass is 16.7. The fraction of sp³-hybridized carbons (Fsp3) is 0.312. The molecule has 0 radical (unpaired) electrons. The van der Waals surface area contributed by atoms with E-state index >= 15 is 0 Å². The number of amides is 1. The van der Waals surface area contributed by atoms with Crippen LogP contribution in [0, 0.1) is 0 Å². The van der Waals surface area contributed by atoms with Gasteiger partial charge >= 0.3 is 11.9 Å². The molecule has 1 fully saturated rings. The number of rotatable bonds is 4. The van der Waals surface area contributed by atoms with Crippen LogP contribution < -0.4 is 10.6 Å². The van der Waals surface area contributed by atoms with Gasteiger partial charge in [-0.25, -0.2) is 9.59 Å². The molecular weight excluding hydrogens is 300 g/mol. The normalized spacial score (nSPS) is 16.2. The first-order chi connectivity index (χ1) is 10.8. The Morgan fingerprint density at radius 1 is 1.22 bits per heavy atom. The van der Waals surface area contributed by atoms with Crippen molar-refractivity contribution in [1.29, 1.82) is 0 Å². The fourth-order valence-electron chi connectivity index (χ4n) is 1.98. The number of carbonyl (C=O) groups is 3. The van der Waals surface area contributed by atoms with E-state index in [0.29, 0.717) is 5.69 Å². The molecule has 0 aromatic heterocycles. The molecule has 122 valence electrons. The molecule has 1 aliphatic rings. The molecule has 1 saturated heterocycles. The quantitative estimate of drug-likeness (QED) is 0.491. The third-order valence-electron chi connectivity index (χ3n) is 3.07. The van der Waals surface area contributed by atoms with Gasteiger partial charge in [-0.05, 0) is 17.7 Å². The van der Waals surface area contributed by atoms with E-state index in [2.05, 4.69) is 10.6 Å². The highest BCUT2D eigenvalue weighted by molar-refractivity contribution is 6.15. The number of carbonyl (C=O) groups excluding carboxylic acids is 3. The van der Waals surface area contributed by atoms with Crippen LogP contribution in [0.5, 0.6) is 0 Å². The van der Waals surface area contributed by atoms with E-state index in [4.69, 9.17) is 9.47 Å². The van der Waals surface area contributed by atoms with E-state index in [1.165, 1.54) is 20.0 Å². The van der Waals surface area contributed by atoms with Crippen molar-refractivity contribution in [3.8, 4) is 0 Å². The molecule has 2 rings (SSSR count). The number of anilines is 1. The van der Waals surface area contributed by atoms with Gasteiger partial charge in [0.2, 0.25) is 5.91 Å². The predicted octanol–water partition coefficient (Wildman–Crippen LogP) is 1.11. The summed E-state index contributed by atoms with van der Waals surface area (Å²) in [5.74, 6) is -2.87. The Labute approximate surface area is 133 Å². The minimum atomic E-state index is -1.26. The van der Waals surface area contributed by atoms with Crippen molar-refractivity contribution >= 4 is 23.5 Å². The highest BCUT2D eigenvalue weighted by Crippen LogP contribution is 2.22. The molecule has 1 amide bonds. The van der Waals surface area contributed by atoms with Gasteiger partial charge in [0.05, 0.1) is 6.42 Å². The molecule has 0 unspecified atom stereocenters. The van der Waals surface area contributed by atoms with Gasteiger partial charge < -0.3 is 20.1 Å². The van der Waals surface area contributed by atoms with Crippen molar-refractivity contribution in [2.24, 2.45) is 0 Å². The van der Waals surface area contributed by atoms with E-state index < -0.39 is 17.7 Å². The van der Waals surface area contributed by atoms with E-state index in [1.54, 1.807) is 31.3 Å². The Hall–Kier alpha value is -2.83. The van der Waals surface area contributed by atoms with Gasteiger partial charge in [0.25, 0.3) is 5.79 Å². The standard InChI is InChI=1S/C16H18N2O5/c1-16(2)22-14(20)12(15(21)23-16)9-18-11-6-4-5-10(7-11)8-13(19)17-3/h4-7,9,18H,8H2,1-3H3,(H,17,19). The van der Waals surface area contributed by atoms with E-state index in [-0.39, 0.29) is 17.9 Å². The monoisotopic (exact) mass is 318 g/mol.